The van der Waals surface area contributed by atoms with Gasteiger partial charge in [0.2, 0.25) is 5.95 Å². The topological polar surface area (TPSA) is 98.7 Å². The third-order valence-electron chi connectivity index (χ3n) is 5.69. The van der Waals surface area contributed by atoms with Gasteiger partial charge in [0.15, 0.2) is 17.5 Å². The second kappa shape index (κ2) is 7.92. The number of hydrogen-bond donors (Lipinski definition) is 2. The monoisotopic (exact) mass is 453 g/mol. The number of rotatable bonds is 4. The molecule has 2 aromatic rings. The zero-order chi connectivity index (χ0) is 23.2. The van der Waals surface area contributed by atoms with E-state index in [1.54, 1.807) is 0 Å². The van der Waals surface area contributed by atoms with Crippen LogP contribution in [0.2, 0.25) is 0 Å². The summed E-state index contributed by atoms with van der Waals surface area (Å²) in [5.41, 5.74) is -1.20. The lowest BCUT2D eigenvalue weighted by Crippen LogP contribution is -2.48. The van der Waals surface area contributed by atoms with E-state index >= 15 is 0 Å². The highest BCUT2D eigenvalue weighted by molar-refractivity contribution is 6.02. The molecule has 32 heavy (non-hydrogen) atoms. The number of benzene rings is 1. The van der Waals surface area contributed by atoms with E-state index in [1.165, 1.54) is 11.9 Å². The van der Waals surface area contributed by atoms with Crippen LogP contribution in [0.4, 0.5) is 40.7 Å². The quantitative estimate of drug-likeness (QED) is 0.683. The zero-order valence-corrected chi connectivity index (χ0v) is 16.9. The van der Waals surface area contributed by atoms with Gasteiger partial charge in [-0.2, -0.15) is 13.8 Å². The molecule has 12 heteroatoms. The number of aromatic nitrogens is 2. The molecule has 0 atom stereocenters. The standard InChI is InChI=1S/C20H19F4N5O3/c1-28-13-8-25-19(26-12-7-6-11(17(30)31)14(21)15(12)22)27-16(13)29(10-4-2-3-5-10)9-20(23,24)18(28)32/h6-8,10H,2-5,9H2,1H3,(H,30,31)(H,25,26,27). The summed E-state index contributed by atoms with van der Waals surface area (Å²) in [4.78, 5) is 33.6. The number of carbonyl (C=O) groups is 2. The minimum absolute atomic E-state index is 0.0671. The average Bonchev–Trinajstić information content (AvgIpc) is 3.26. The molecule has 0 spiro atoms. The molecule has 1 aliphatic heterocycles. The molecule has 4 rings (SSSR count). The molecule has 1 aromatic carbocycles. The molecular weight excluding hydrogens is 434 g/mol. The van der Waals surface area contributed by atoms with Crippen LogP contribution in [-0.2, 0) is 4.79 Å². The second-order valence-electron chi connectivity index (χ2n) is 7.76. The fraction of sp³-hybridized carbons (Fsp3) is 0.400. The minimum Gasteiger partial charge on any atom is -0.478 e. The van der Waals surface area contributed by atoms with Crippen molar-refractivity contribution >= 4 is 35.0 Å². The second-order valence-corrected chi connectivity index (χ2v) is 7.76. The predicted molar refractivity (Wildman–Crippen MR) is 107 cm³/mol. The Morgan fingerprint density at radius 2 is 1.91 bits per heavy atom. The number of halogens is 4. The van der Waals surface area contributed by atoms with E-state index in [0.29, 0.717) is 12.8 Å². The largest absolute Gasteiger partial charge is 0.478 e. The number of nitrogens with zero attached hydrogens (tertiary/aromatic N) is 4. The maximum Gasteiger partial charge on any atom is 0.342 e. The van der Waals surface area contributed by atoms with Crippen LogP contribution < -0.4 is 15.1 Å². The van der Waals surface area contributed by atoms with Gasteiger partial charge in [-0.15, -0.1) is 0 Å². The van der Waals surface area contributed by atoms with E-state index in [2.05, 4.69) is 15.3 Å². The summed E-state index contributed by atoms with van der Waals surface area (Å²) in [6.45, 7) is -0.861. The third kappa shape index (κ3) is 3.69. The van der Waals surface area contributed by atoms with Gasteiger partial charge in [-0.1, -0.05) is 12.8 Å². The fourth-order valence-corrected chi connectivity index (χ4v) is 4.04. The van der Waals surface area contributed by atoms with Gasteiger partial charge >= 0.3 is 11.9 Å². The molecule has 2 aliphatic rings. The first-order chi connectivity index (χ1) is 15.1. The normalized spacial score (nSPS) is 18.5. The summed E-state index contributed by atoms with van der Waals surface area (Å²) in [6.07, 6.45) is 4.16. The number of hydrogen-bond acceptors (Lipinski definition) is 6. The van der Waals surface area contributed by atoms with Crippen LogP contribution >= 0.6 is 0 Å². The number of nitrogens with one attached hydrogen (secondary N) is 1. The number of carboxylic acid groups (broad SMARTS) is 1. The lowest BCUT2D eigenvalue weighted by molar-refractivity contribution is -0.140. The molecule has 0 radical (unpaired) electrons. The van der Waals surface area contributed by atoms with E-state index in [9.17, 15) is 27.2 Å². The summed E-state index contributed by atoms with van der Waals surface area (Å²) in [7, 11) is 1.20. The molecule has 170 valence electrons. The van der Waals surface area contributed by atoms with Crippen LogP contribution in [0, 0.1) is 11.6 Å². The van der Waals surface area contributed by atoms with Gasteiger partial charge in [0, 0.05) is 13.1 Å². The number of anilines is 4. The van der Waals surface area contributed by atoms with E-state index < -0.39 is 47.2 Å². The van der Waals surface area contributed by atoms with Crippen LogP contribution in [0.5, 0.6) is 0 Å². The van der Waals surface area contributed by atoms with Crippen molar-refractivity contribution in [3.63, 3.8) is 0 Å². The van der Waals surface area contributed by atoms with Gasteiger partial charge in [-0.25, -0.2) is 18.6 Å². The number of carbonyl (C=O) groups excluding carboxylic acids is 1. The van der Waals surface area contributed by atoms with Crippen molar-refractivity contribution < 1.29 is 32.3 Å². The number of aromatic carboxylic acids is 1. The molecule has 1 aliphatic carbocycles. The highest BCUT2D eigenvalue weighted by Gasteiger charge is 2.48. The number of fused-ring (bicyclic) bond motifs is 1. The third-order valence-corrected chi connectivity index (χ3v) is 5.69. The van der Waals surface area contributed by atoms with Gasteiger partial charge in [0.25, 0.3) is 5.91 Å². The van der Waals surface area contributed by atoms with Gasteiger partial charge in [0.1, 0.15) is 5.69 Å². The Labute approximate surface area is 179 Å². The lowest BCUT2D eigenvalue weighted by Gasteiger charge is -2.31. The molecule has 0 unspecified atom stereocenters. The summed E-state index contributed by atoms with van der Waals surface area (Å²) < 4.78 is 57.5. The summed E-state index contributed by atoms with van der Waals surface area (Å²) in [5, 5.41) is 11.4. The van der Waals surface area contributed by atoms with Crippen LogP contribution in [0.25, 0.3) is 0 Å². The lowest BCUT2D eigenvalue weighted by atomic mass is 10.2. The average molecular weight is 453 g/mol. The van der Waals surface area contributed by atoms with Crippen molar-refractivity contribution in [2.75, 3.05) is 28.7 Å². The minimum atomic E-state index is -3.65. The summed E-state index contributed by atoms with van der Waals surface area (Å²) >= 11 is 0. The van der Waals surface area contributed by atoms with Gasteiger partial charge in [-0.05, 0) is 25.0 Å². The first-order valence-electron chi connectivity index (χ1n) is 9.88. The summed E-state index contributed by atoms with van der Waals surface area (Å²) in [6, 6.07) is 1.63. The van der Waals surface area contributed by atoms with Crippen LogP contribution in [0.3, 0.4) is 0 Å². The Balaban J connectivity index is 1.75. The van der Waals surface area contributed by atoms with Crippen LogP contribution in [0.15, 0.2) is 18.3 Å². The van der Waals surface area contributed by atoms with Crippen LogP contribution in [-0.4, -0.2) is 52.5 Å². The smallest absolute Gasteiger partial charge is 0.342 e. The number of carboxylic acids is 1. The van der Waals surface area contributed by atoms with Crippen molar-refractivity contribution in [2.24, 2.45) is 0 Å². The Morgan fingerprint density at radius 3 is 2.56 bits per heavy atom. The van der Waals surface area contributed by atoms with E-state index in [4.69, 9.17) is 5.11 Å². The first-order valence-corrected chi connectivity index (χ1v) is 9.88. The Kier molecular flexibility index (Phi) is 5.39. The Morgan fingerprint density at radius 1 is 1.22 bits per heavy atom. The molecule has 2 N–H and O–H groups in total. The Hall–Kier alpha value is -3.44. The number of alkyl halides is 2. The molecule has 8 nitrogen and oxygen atoms in total. The zero-order valence-electron chi connectivity index (χ0n) is 16.9. The molecule has 1 saturated carbocycles. The number of amides is 1. The van der Waals surface area contributed by atoms with Gasteiger partial charge < -0.3 is 20.2 Å². The summed E-state index contributed by atoms with van der Waals surface area (Å²) in [5.74, 6) is -9.82. The first kappa shape index (κ1) is 21.8. The van der Waals surface area contributed by atoms with E-state index in [1.807, 2.05) is 0 Å². The van der Waals surface area contributed by atoms with E-state index in [-0.39, 0.29) is 23.5 Å². The molecule has 1 aromatic heterocycles. The molecule has 0 saturated heterocycles. The fourth-order valence-electron chi connectivity index (χ4n) is 4.04. The van der Waals surface area contributed by atoms with Crippen molar-refractivity contribution in [1.82, 2.24) is 9.97 Å². The van der Waals surface area contributed by atoms with Crippen molar-refractivity contribution in [3.05, 3.63) is 35.5 Å². The highest BCUT2D eigenvalue weighted by Crippen LogP contribution is 2.39. The molecule has 1 amide bonds. The van der Waals surface area contributed by atoms with E-state index in [0.717, 1.165) is 36.1 Å². The van der Waals surface area contributed by atoms with Crippen molar-refractivity contribution in [2.45, 2.75) is 37.6 Å². The van der Waals surface area contributed by atoms with Gasteiger partial charge in [0.05, 0.1) is 24.0 Å². The molecule has 0 bridgehead atoms. The Bertz CT molecular complexity index is 1090. The van der Waals surface area contributed by atoms with Crippen molar-refractivity contribution in [1.29, 1.82) is 0 Å². The molecule has 1 fully saturated rings. The SMILES string of the molecule is CN1C(=O)C(F)(F)CN(C2CCCC2)c2nc(Nc3ccc(C(=O)O)c(F)c3F)ncc21. The van der Waals surface area contributed by atoms with Crippen molar-refractivity contribution in [3.8, 4) is 0 Å². The predicted octanol–water partition coefficient (Wildman–Crippen LogP) is 3.56. The molecule has 2 heterocycles. The van der Waals surface area contributed by atoms with Crippen LogP contribution in [0.1, 0.15) is 36.0 Å². The van der Waals surface area contributed by atoms with Gasteiger partial charge in [-0.3, -0.25) is 4.79 Å². The maximum absolute atomic E-state index is 14.6. The molecular formula is C20H19F4N5O3. The highest BCUT2D eigenvalue weighted by atomic mass is 19.3. The maximum atomic E-state index is 14.6.